The Morgan fingerprint density at radius 1 is 0.956 bits per heavy atom. The number of rotatable bonds is 12. The van der Waals surface area contributed by atoms with Gasteiger partial charge >= 0.3 is 5.97 Å². The van der Waals surface area contributed by atoms with Crippen LogP contribution in [0.25, 0.3) is 22.1 Å². The summed E-state index contributed by atoms with van der Waals surface area (Å²) in [5.74, 6) is 0.989. The summed E-state index contributed by atoms with van der Waals surface area (Å²) in [7, 11) is 0. The third-order valence-corrected chi connectivity index (χ3v) is 8.94. The van der Waals surface area contributed by atoms with Gasteiger partial charge in [0.15, 0.2) is 0 Å². The van der Waals surface area contributed by atoms with Gasteiger partial charge in [-0.05, 0) is 80.3 Å². The summed E-state index contributed by atoms with van der Waals surface area (Å²) >= 11 is -1.35. The van der Waals surface area contributed by atoms with Crippen LogP contribution in [0.3, 0.4) is 0 Å². The summed E-state index contributed by atoms with van der Waals surface area (Å²) in [5, 5.41) is 0.892. The second kappa shape index (κ2) is 14.3. The lowest BCUT2D eigenvalue weighted by Crippen LogP contribution is -2.41. The molecule has 0 aliphatic carbocycles. The van der Waals surface area contributed by atoms with E-state index < -0.39 is 22.2 Å². The molecule has 0 bridgehead atoms. The number of nitrogens with one attached hydrogen (secondary N) is 1. The molecule has 0 fully saturated rings. The fourth-order valence-corrected chi connectivity index (χ4v) is 5.90. The number of fused-ring (bicyclic) bond motifs is 1. The average molecular weight is 625 g/mol. The predicted octanol–water partition coefficient (Wildman–Crippen LogP) is 7.38. The van der Waals surface area contributed by atoms with Gasteiger partial charge < -0.3 is 24.2 Å². The molecule has 234 valence electrons. The summed E-state index contributed by atoms with van der Waals surface area (Å²) in [5.41, 5.74) is 12.2. The molecule has 0 amide bonds. The molecular weight excluding hydrogens is 584 g/mol. The van der Waals surface area contributed by atoms with Gasteiger partial charge in [0, 0.05) is 34.4 Å². The third kappa shape index (κ3) is 7.96. The van der Waals surface area contributed by atoms with Crippen molar-refractivity contribution >= 4 is 28.3 Å². The molecule has 4 aromatic carbocycles. The summed E-state index contributed by atoms with van der Waals surface area (Å²) in [6.07, 6.45) is 0.134. The number of nitrogens with two attached hydrogens (primary N) is 1. The largest absolute Gasteiger partial charge is 0.598 e. The van der Waals surface area contributed by atoms with E-state index >= 15 is 0 Å². The highest BCUT2D eigenvalue weighted by molar-refractivity contribution is 7.90. The van der Waals surface area contributed by atoms with Gasteiger partial charge in [0.05, 0.1) is 13.0 Å². The highest BCUT2D eigenvalue weighted by Crippen LogP contribution is 2.37. The van der Waals surface area contributed by atoms with Crippen molar-refractivity contribution < 1.29 is 23.2 Å². The van der Waals surface area contributed by atoms with Crippen LogP contribution in [0, 0.1) is 0 Å². The number of hydrogen-bond donors (Lipinski definition) is 2. The van der Waals surface area contributed by atoms with E-state index in [1.807, 2.05) is 99.6 Å². The molecule has 8 heteroatoms. The SMILES string of the molecule is CCOC(=O)Cc1ccccc1OCc1cc(-c2cccc(CN)c2)c2oc([C@H](N[S+]([O-])C(C)(C)C)c3ccccc3)cc2c1. The second-order valence-electron chi connectivity index (χ2n) is 11.8. The number of benzene rings is 4. The monoisotopic (exact) mass is 624 g/mol. The molecule has 7 nitrogen and oxygen atoms in total. The van der Waals surface area contributed by atoms with E-state index in [0.29, 0.717) is 24.7 Å². The van der Waals surface area contributed by atoms with Crippen molar-refractivity contribution in [2.24, 2.45) is 5.73 Å². The lowest BCUT2D eigenvalue weighted by molar-refractivity contribution is -0.142. The molecule has 0 radical (unpaired) electrons. The van der Waals surface area contributed by atoms with E-state index in [2.05, 4.69) is 22.9 Å². The Morgan fingerprint density at radius 3 is 2.44 bits per heavy atom. The van der Waals surface area contributed by atoms with Crippen molar-refractivity contribution in [1.82, 2.24) is 4.72 Å². The lowest BCUT2D eigenvalue weighted by atomic mass is 9.98. The molecule has 0 spiro atoms. The quantitative estimate of drug-likeness (QED) is 0.110. The first-order valence-corrected chi connectivity index (χ1v) is 16.3. The summed E-state index contributed by atoms with van der Waals surface area (Å²) in [6, 6.07) is 31.2. The zero-order valence-electron chi connectivity index (χ0n) is 26.2. The van der Waals surface area contributed by atoms with Crippen molar-refractivity contribution in [2.45, 2.75) is 58.1 Å². The van der Waals surface area contributed by atoms with Gasteiger partial charge in [-0.25, -0.2) is 0 Å². The number of carbonyl (C=O) groups is 1. The van der Waals surface area contributed by atoms with Gasteiger partial charge in [-0.15, -0.1) is 4.72 Å². The van der Waals surface area contributed by atoms with Crippen LogP contribution in [0.2, 0.25) is 0 Å². The highest BCUT2D eigenvalue weighted by atomic mass is 32.2. The number of hydrogen-bond acceptors (Lipinski definition) is 7. The van der Waals surface area contributed by atoms with Crippen LogP contribution in [-0.4, -0.2) is 21.9 Å². The second-order valence-corrected chi connectivity index (χ2v) is 13.8. The Labute approximate surface area is 268 Å². The van der Waals surface area contributed by atoms with Crippen LogP contribution in [0.15, 0.2) is 101 Å². The van der Waals surface area contributed by atoms with E-state index in [9.17, 15) is 9.35 Å². The molecule has 3 N–H and O–H groups in total. The molecule has 5 rings (SSSR count). The van der Waals surface area contributed by atoms with Crippen LogP contribution in [0.5, 0.6) is 5.75 Å². The van der Waals surface area contributed by atoms with E-state index in [-0.39, 0.29) is 19.0 Å². The average Bonchev–Trinajstić information content (AvgIpc) is 3.46. The Morgan fingerprint density at radius 2 is 1.71 bits per heavy atom. The van der Waals surface area contributed by atoms with E-state index in [1.54, 1.807) is 6.92 Å². The topological polar surface area (TPSA) is 110 Å². The lowest BCUT2D eigenvalue weighted by Gasteiger charge is -2.27. The Bertz CT molecular complexity index is 1750. The van der Waals surface area contributed by atoms with Gasteiger partial charge in [-0.1, -0.05) is 66.7 Å². The molecule has 1 unspecified atom stereocenters. The molecule has 0 aliphatic heterocycles. The number of furan rings is 1. The first-order chi connectivity index (χ1) is 21.7. The Hall–Kier alpha value is -4.08. The summed E-state index contributed by atoms with van der Waals surface area (Å²) in [6.45, 7) is 8.63. The smallest absolute Gasteiger partial charge is 0.310 e. The van der Waals surface area contributed by atoms with Crippen molar-refractivity contribution in [2.75, 3.05) is 6.61 Å². The van der Waals surface area contributed by atoms with Gasteiger partial charge in [-0.2, -0.15) is 0 Å². The number of ether oxygens (including phenoxy) is 2. The number of esters is 1. The van der Waals surface area contributed by atoms with E-state index in [1.165, 1.54) is 0 Å². The maximum absolute atomic E-state index is 13.3. The van der Waals surface area contributed by atoms with Crippen LogP contribution in [0.4, 0.5) is 0 Å². The van der Waals surface area contributed by atoms with Crippen molar-refractivity contribution in [3.8, 4) is 16.9 Å². The molecule has 0 saturated carbocycles. The molecular formula is C37H40N2O5S. The Balaban J connectivity index is 1.56. The van der Waals surface area contributed by atoms with Crippen LogP contribution in [-0.2, 0) is 40.5 Å². The fourth-order valence-electron chi connectivity index (χ4n) is 5.08. The maximum Gasteiger partial charge on any atom is 0.310 e. The molecule has 5 aromatic rings. The van der Waals surface area contributed by atoms with Gasteiger partial charge in [0.25, 0.3) is 0 Å². The molecule has 1 heterocycles. The molecule has 45 heavy (non-hydrogen) atoms. The number of carbonyl (C=O) groups excluding carboxylic acids is 1. The predicted molar refractivity (Wildman–Crippen MR) is 180 cm³/mol. The fraction of sp³-hybridized carbons (Fsp3) is 0.270. The molecule has 2 atom stereocenters. The van der Waals surface area contributed by atoms with Crippen molar-refractivity contribution in [3.05, 3.63) is 125 Å². The third-order valence-electron chi connectivity index (χ3n) is 7.37. The minimum absolute atomic E-state index is 0.134. The molecule has 0 aliphatic rings. The van der Waals surface area contributed by atoms with Gasteiger partial charge in [-0.3, -0.25) is 4.79 Å². The summed E-state index contributed by atoms with van der Waals surface area (Å²) < 4.78 is 34.2. The van der Waals surface area contributed by atoms with E-state index in [0.717, 1.165) is 44.3 Å². The van der Waals surface area contributed by atoms with Crippen LogP contribution in [0.1, 0.15) is 61.8 Å². The van der Waals surface area contributed by atoms with Crippen molar-refractivity contribution in [3.63, 3.8) is 0 Å². The van der Waals surface area contributed by atoms with Gasteiger partial charge in [0.2, 0.25) is 0 Å². The first kappa shape index (κ1) is 32.3. The normalized spacial score (nSPS) is 13.0. The van der Waals surface area contributed by atoms with Gasteiger partial charge in [0.1, 0.15) is 34.5 Å². The summed E-state index contributed by atoms with van der Waals surface area (Å²) in [4.78, 5) is 12.2. The van der Waals surface area contributed by atoms with E-state index in [4.69, 9.17) is 19.6 Å². The molecule has 1 aromatic heterocycles. The Kier molecular flexibility index (Phi) is 10.3. The maximum atomic E-state index is 13.3. The zero-order valence-corrected chi connectivity index (χ0v) is 27.0. The zero-order chi connectivity index (χ0) is 32.0. The van der Waals surface area contributed by atoms with Crippen LogP contribution >= 0.6 is 0 Å². The minimum atomic E-state index is -1.35. The van der Waals surface area contributed by atoms with Crippen molar-refractivity contribution in [1.29, 1.82) is 0 Å². The highest BCUT2D eigenvalue weighted by Gasteiger charge is 2.32. The first-order valence-electron chi connectivity index (χ1n) is 15.1. The number of para-hydroxylation sites is 1. The minimum Gasteiger partial charge on any atom is -0.598 e. The van der Waals surface area contributed by atoms with Crippen LogP contribution < -0.4 is 15.2 Å². The standard InChI is InChI=1S/C37H40N2O5S/c1-5-42-34(40)22-29-15-9-10-17-32(29)43-24-26-19-30-21-33(35(27-13-7-6-8-14-27)39-45(41)37(2,3)4)44-36(30)31(20-26)28-16-11-12-25(18-28)23-38/h6-21,35,39H,5,22-24,38H2,1-4H3/t35-,45?/m1/s1. The molecule has 0 saturated heterocycles.